The Kier molecular flexibility index (Phi) is 5.40. The quantitative estimate of drug-likeness (QED) is 0.584. The van der Waals surface area contributed by atoms with Crippen molar-refractivity contribution in [3.8, 4) is 11.3 Å². The summed E-state index contributed by atoms with van der Waals surface area (Å²) >= 11 is 1.16. The van der Waals surface area contributed by atoms with Gasteiger partial charge in [0.25, 0.3) is 5.91 Å². The Morgan fingerprint density at radius 1 is 1.18 bits per heavy atom. The fourth-order valence-electron chi connectivity index (χ4n) is 4.56. The van der Waals surface area contributed by atoms with Crippen LogP contribution in [-0.2, 0) is 9.59 Å². The second kappa shape index (κ2) is 8.28. The number of aromatic nitrogens is 1. The molecule has 1 N–H and O–H groups in total. The first-order valence-corrected chi connectivity index (χ1v) is 11.6. The van der Waals surface area contributed by atoms with Crippen molar-refractivity contribution in [1.29, 1.82) is 0 Å². The minimum Gasteiger partial charge on any atom is -0.315 e. The van der Waals surface area contributed by atoms with E-state index >= 15 is 0 Å². The van der Waals surface area contributed by atoms with Crippen molar-refractivity contribution in [1.82, 2.24) is 9.88 Å². The lowest BCUT2D eigenvalue weighted by Crippen LogP contribution is -2.62. The minimum atomic E-state index is -0.975. The lowest BCUT2D eigenvalue weighted by Gasteiger charge is -2.48. The number of fused-ring (bicyclic) bond motifs is 3. The zero-order valence-electron chi connectivity index (χ0n) is 18.2. The summed E-state index contributed by atoms with van der Waals surface area (Å²) in [6.45, 7) is 1.97. The van der Waals surface area contributed by atoms with Crippen LogP contribution in [0.2, 0.25) is 0 Å². The second-order valence-electron chi connectivity index (χ2n) is 8.39. The molecule has 174 valence electrons. The third kappa shape index (κ3) is 3.63. The van der Waals surface area contributed by atoms with Crippen molar-refractivity contribution in [3.05, 3.63) is 65.0 Å². The Morgan fingerprint density at radius 2 is 1.97 bits per heavy atom. The van der Waals surface area contributed by atoms with E-state index in [2.05, 4.69) is 10.3 Å². The number of nitrogens with zero attached hydrogens (tertiary/aromatic N) is 3. The van der Waals surface area contributed by atoms with E-state index in [0.29, 0.717) is 40.5 Å². The van der Waals surface area contributed by atoms with Crippen LogP contribution in [0.4, 0.5) is 19.6 Å². The van der Waals surface area contributed by atoms with E-state index in [-0.39, 0.29) is 30.7 Å². The van der Waals surface area contributed by atoms with Crippen molar-refractivity contribution in [3.63, 3.8) is 0 Å². The summed E-state index contributed by atoms with van der Waals surface area (Å²) < 4.78 is 26.7. The molecule has 0 aliphatic carbocycles. The first-order chi connectivity index (χ1) is 16.3. The number of rotatable bonds is 5. The molecular weight excluding hydrogens is 462 g/mol. The summed E-state index contributed by atoms with van der Waals surface area (Å²) in [5.41, 5.74) is 1.02. The van der Waals surface area contributed by atoms with Crippen LogP contribution in [0.1, 0.15) is 36.5 Å². The van der Waals surface area contributed by atoms with Crippen molar-refractivity contribution in [2.24, 2.45) is 0 Å². The minimum absolute atomic E-state index is 0.00557. The predicted molar refractivity (Wildman–Crippen MR) is 123 cm³/mol. The molecule has 3 aromatic rings. The predicted octanol–water partition coefficient (Wildman–Crippen LogP) is 4.42. The number of amides is 3. The van der Waals surface area contributed by atoms with Crippen LogP contribution in [0.3, 0.4) is 0 Å². The molecule has 3 heterocycles. The molecule has 0 unspecified atom stereocenters. The molecule has 1 atom stereocenters. The van der Waals surface area contributed by atoms with E-state index in [1.807, 2.05) is 6.92 Å². The Bertz CT molecular complexity index is 1330. The maximum absolute atomic E-state index is 13.5. The summed E-state index contributed by atoms with van der Waals surface area (Å²) in [5.74, 6) is -2.54. The van der Waals surface area contributed by atoms with Gasteiger partial charge in [0.15, 0.2) is 16.8 Å². The lowest BCUT2D eigenvalue weighted by molar-refractivity contribution is -0.117. The Morgan fingerprint density at radius 3 is 2.76 bits per heavy atom. The van der Waals surface area contributed by atoms with Gasteiger partial charge < -0.3 is 10.2 Å². The third-order valence-corrected chi connectivity index (χ3v) is 7.03. The molecule has 1 fully saturated rings. The van der Waals surface area contributed by atoms with Gasteiger partial charge in [-0.15, -0.1) is 11.3 Å². The van der Waals surface area contributed by atoms with Gasteiger partial charge in [-0.2, -0.15) is 0 Å². The van der Waals surface area contributed by atoms with Gasteiger partial charge in [-0.1, -0.05) is 12.1 Å². The number of nitrogens with one attached hydrogen (secondary N) is 1. The maximum Gasteiger partial charge on any atom is 0.257 e. The largest absolute Gasteiger partial charge is 0.315 e. The van der Waals surface area contributed by atoms with Crippen LogP contribution in [0.25, 0.3) is 11.3 Å². The zero-order valence-corrected chi connectivity index (χ0v) is 19.0. The summed E-state index contributed by atoms with van der Waals surface area (Å²) in [4.78, 5) is 46.0. The Balaban J connectivity index is 1.29. The van der Waals surface area contributed by atoms with Crippen LogP contribution in [-0.4, -0.2) is 39.8 Å². The first kappa shape index (κ1) is 22.1. The number of thiazole rings is 1. The number of hydrogen-bond donors (Lipinski definition) is 1. The number of carbonyl (C=O) groups excluding carboxylic acids is 3. The molecule has 0 radical (unpaired) electrons. The molecule has 3 amide bonds. The van der Waals surface area contributed by atoms with Crippen LogP contribution >= 0.6 is 11.3 Å². The van der Waals surface area contributed by atoms with Gasteiger partial charge in [-0.25, -0.2) is 13.8 Å². The highest BCUT2D eigenvalue weighted by Crippen LogP contribution is 2.44. The van der Waals surface area contributed by atoms with E-state index in [1.54, 1.807) is 39.4 Å². The number of benzene rings is 2. The van der Waals surface area contributed by atoms with Crippen LogP contribution in [0.5, 0.6) is 0 Å². The summed E-state index contributed by atoms with van der Waals surface area (Å²) in [6.07, 6.45) is 0.815. The number of halogens is 2. The number of anilines is 2. The average Bonchev–Trinajstić information content (AvgIpc) is 3.40. The second-order valence-corrected chi connectivity index (χ2v) is 9.24. The monoisotopic (exact) mass is 482 g/mol. The van der Waals surface area contributed by atoms with Gasteiger partial charge >= 0.3 is 0 Å². The van der Waals surface area contributed by atoms with E-state index in [0.717, 1.165) is 23.5 Å². The summed E-state index contributed by atoms with van der Waals surface area (Å²) in [5, 5.41) is 4.64. The van der Waals surface area contributed by atoms with Gasteiger partial charge in [0.2, 0.25) is 11.8 Å². The molecule has 5 rings (SSSR count). The highest BCUT2D eigenvalue weighted by molar-refractivity contribution is 7.14. The number of para-hydroxylation sites is 1. The molecule has 2 aliphatic rings. The van der Waals surface area contributed by atoms with Crippen molar-refractivity contribution in [2.45, 2.75) is 31.8 Å². The molecule has 0 spiro atoms. The maximum atomic E-state index is 13.5. The van der Waals surface area contributed by atoms with E-state index in [4.69, 9.17) is 0 Å². The molecular formula is C24H20F2N4O3S. The molecule has 2 aromatic carbocycles. The van der Waals surface area contributed by atoms with E-state index in [1.165, 1.54) is 6.07 Å². The van der Waals surface area contributed by atoms with Gasteiger partial charge in [0.05, 0.1) is 16.9 Å². The third-order valence-electron chi connectivity index (χ3n) is 6.27. The van der Waals surface area contributed by atoms with Crippen LogP contribution < -0.4 is 10.2 Å². The molecule has 7 nitrogen and oxygen atoms in total. The number of carbonyl (C=O) groups is 3. The van der Waals surface area contributed by atoms with Gasteiger partial charge in [-0.3, -0.25) is 19.3 Å². The first-order valence-electron chi connectivity index (χ1n) is 10.7. The van der Waals surface area contributed by atoms with E-state index < -0.39 is 17.3 Å². The van der Waals surface area contributed by atoms with Gasteiger partial charge in [-0.05, 0) is 43.7 Å². The molecule has 0 saturated carbocycles. The molecule has 10 heteroatoms. The highest BCUT2D eigenvalue weighted by atomic mass is 32.1. The van der Waals surface area contributed by atoms with Crippen molar-refractivity contribution < 1.29 is 23.2 Å². The van der Waals surface area contributed by atoms with Gasteiger partial charge in [0.1, 0.15) is 5.66 Å². The summed E-state index contributed by atoms with van der Waals surface area (Å²) in [7, 11) is 0. The molecule has 2 aliphatic heterocycles. The molecule has 34 heavy (non-hydrogen) atoms. The fraction of sp³-hybridized carbons (Fsp3) is 0.250. The Hall–Kier alpha value is -3.66. The van der Waals surface area contributed by atoms with Crippen LogP contribution in [0, 0.1) is 11.6 Å². The van der Waals surface area contributed by atoms with Gasteiger partial charge in [0, 0.05) is 30.3 Å². The lowest BCUT2D eigenvalue weighted by atomic mass is 9.98. The smallest absolute Gasteiger partial charge is 0.257 e. The molecule has 0 bridgehead atoms. The topological polar surface area (TPSA) is 82.6 Å². The molecule has 1 aromatic heterocycles. The van der Waals surface area contributed by atoms with Crippen molar-refractivity contribution >= 4 is 39.9 Å². The number of hydrogen-bond acceptors (Lipinski definition) is 5. The SMILES string of the molecule is C[C@@]12CCC(=O)N1c1ccccc1C(=O)N2CCC(=O)Nc1nc(-c2ccc(F)c(F)c2)cs1. The normalized spacial score (nSPS) is 19.3. The van der Waals surface area contributed by atoms with Crippen LogP contribution in [0.15, 0.2) is 47.8 Å². The standard InChI is InChI=1S/C24H20F2N4O3S/c1-24-10-8-21(32)30(24)19-5-3-2-4-15(19)22(33)29(24)11-9-20(31)28-23-27-18(13-34-23)14-6-7-16(25)17(26)12-14/h2-7,12-13H,8-11H2,1H3,(H,27,28,31)/t24-/m0/s1. The summed E-state index contributed by atoms with van der Waals surface area (Å²) in [6, 6.07) is 10.5. The highest BCUT2D eigenvalue weighted by Gasteiger charge is 2.52. The molecule has 1 saturated heterocycles. The average molecular weight is 483 g/mol. The zero-order chi connectivity index (χ0) is 24.0. The van der Waals surface area contributed by atoms with Crippen molar-refractivity contribution in [2.75, 3.05) is 16.8 Å². The van der Waals surface area contributed by atoms with E-state index in [9.17, 15) is 23.2 Å². The fourth-order valence-corrected chi connectivity index (χ4v) is 5.29. The Labute approximate surface area is 198 Å².